The second kappa shape index (κ2) is 12.7. The number of para-hydroxylation sites is 1. The van der Waals surface area contributed by atoms with Gasteiger partial charge in [-0.05, 0) is 55.9 Å². The second-order valence-corrected chi connectivity index (χ2v) is 7.91. The molecule has 1 heterocycles. The maximum absolute atomic E-state index is 12.3. The van der Waals surface area contributed by atoms with Gasteiger partial charge in [-0.1, -0.05) is 24.3 Å². The maximum Gasteiger partial charge on any atom is 0.328 e. The van der Waals surface area contributed by atoms with Gasteiger partial charge in [0.05, 0.1) is 45.1 Å². The van der Waals surface area contributed by atoms with E-state index in [1.54, 1.807) is 4.90 Å². The van der Waals surface area contributed by atoms with Gasteiger partial charge in [-0.25, -0.2) is 4.79 Å². The predicted octanol–water partition coefficient (Wildman–Crippen LogP) is 0.537. The number of aliphatic carboxylic acids is 2. The standard InChI is InChI=1S/C20H28N2O.C4H4O4/c1-17-7-5-6-10-19(17)22-15-13-21(14-16-22)12-11-20(23)18-8-3-2-4-9-18;5-3(6)1-2-4(7)8/h5-8,10H,2-4,9,11-16H2,1H3;1-2H,(H,5,6)(H,7,8)/b;2-1+. The van der Waals surface area contributed by atoms with Gasteiger partial charge >= 0.3 is 5.97 Å². The van der Waals surface area contributed by atoms with Gasteiger partial charge in [0.15, 0.2) is 5.78 Å². The number of ketones is 1. The monoisotopic (exact) mass is 428 g/mol. The van der Waals surface area contributed by atoms with Crippen molar-refractivity contribution in [2.24, 2.45) is 0 Å². The Bertz CT molecular complexity index is 807. The normalized spacial score (nSPS) is 16.9. The number of carboxylic acids is 2. The van der Waals surface area contributed by atoms with Gasteiger partial charge in [0.25, 0.3) is 0 Å². The molecular formula is C24H32N2O5. The molecule has 3 rings (SSSR count). The average molecular weight is 429 g/mol. The van der Waals surface area contributed by atoms with E-state index in [4.69, 9.17) is 5.11 Å². The topological polar surface area (TPSA) is 102 Å². The first-order chi connectivity index (χ1) is 14.9. The van der Waals surface area contributed by atoms with Crippen LogP contribution in [0.1, 0.15) is 37.7 Å². The largest absolute Gasteiger partial charge is 0.545 e. The average Bonchev–Trinajstić information content (AvgIpc) is 2.78. The molecule has 0 aromatic heterocycles. The molecule has 1 saturated heterocycles. The number of hydrogen-bond acceptors (Lipinski definition) is 5. The first-order valence-electron chi connectivity index (χ1n) is 10.8. The van der Waals surface area contributed by atoms with Gasteiger partial charge in [0.2, 0.25) is 0 Å². The zero-order chi connectivity index (χ0) is 22.6. The summed E-state index contributed by atoms with van der Waals surface area (Å²) in [6.45, 7) is 7.65. The van der Waals surface area contributed by atoms with E-state index in [-0.39, 0.29) is 0 Å². The van der Waals surface area contributed by atoms with E-state index in [0.717, 1.165) is 57.6 Å². The summed E-state index contributed by atoms with van der Waals surface area (Å²) >= 11 is 0. The molecule has 31 heavy (non-hydrogen) atoms. The van der Waals surface area contributed by atoms with Crippen LogP contribution in [-0.4, -0.2) is 55.6 Å². The van der Waals surface area contributed by atoms with Crippen LogP contribution in [0.25, 0.3) is 0 Å². The summed E-state index contributed by atoms with van der Waals surface area (Å²) in [7, 11) is 0. The molecule has 0 bridgehead atoms. The minimum atomic E-state index is -1.51. The molecule has 1 aromatic carbocycles. The molecular weight excluding hydrogens is 396 g/mol. The Morgan fingerprint density at radius 1 is 1.13 bits per heavy atom. The molecule has 0 saturated carbocycles. The molecule has 0 amide bonds. The smallest absolute Gasteiger partial charge is 0.328 e. The molecule has 168 valence electrons. The van der Waals surface area contributed by atoms with E-state index in [9.17, 15) is 19.5 Å². The number of hydrogen-bond donors (Lipinski definition) is 2. The fourth-order valence-corrected chi connectivity index (χ4v) is 3.91. The Morgan fingerprint density at radius 2 is 1.84 bits per heavy atom. The fourth-order valence-electron chi connectivity index (χ4n) is 3.91. The SMILES string of the molecule is Cc1ccccc1N1CC[NH+](CCC(=O)C2=CCCCC2)CC1.O=C([O-])/C=C/C(=O)O. The molecule has 1 aliphatic carbocycles. The lowest BCUT2D eigenvalue weighted by molar-refractivity contribution is -0.899. The highest BCUT2D eigenvalue weighted by atomic mass is 16.4. The van der Waals surface area contributed by atoms with E-state index < -0.39 is 11.9 Å². The van der Waals surface area contributed by atoms with E-state index >= 15 is 0 Å². The summed E-state index contributed by atoms with van der Waals surface area (Å²) in [5, 5.41) is 17.2. The van der Waals surface area contributed by atoms with Crippen LogP contribution in [0.15, 0.2) is 48.1 Å². The second-order valence-electron chi connectivity index (χ2n) is 7.91. The van der Waals surface area contributed by atoms with Gasteiger partial charge in [0.1, 0.15) is 0 Å². The number of benzene rings is 1. The third-order valence-electron chi connectivity index (χ3n) is 5.64. The molecule has 2 N–H and O–H groups in total. The molecule has 0 atom stereocenters. The van der Waals surface area contributed by atoms with Crippen molar-refractivity contribution >= 4 is 23.4 Å². The highest BCUT2D eigenvalue weighted by Crippen LogP contribution is 2.20. The lowest BCUT2D eigenvalue weighted by Gasteiger charge is -2.34. The number of aryl methyl sites for hydroxylation is 1. The highest BCUT2D eigenvalue weighted by molar-refractivity contribution is 5.95. The molecule has 7 heteroatoms. The number of carbonyl (C=O) groups is 3. The number of quaternary nitrogens is 1. The summed E-state index contributed by atoms with van der Waals surface area (Å²) in [6.07, 6.45) is 8.40. The van der Waals surface area contributed by atoms with Crippen LogP contribution in [0.4, 0.5) is 5.69 Å². The third kappa shape index (κ3) is 8.76. The number of nitrogens with one attached hydrogen (secondary N) is 1. The summed E-state index contributed by atoms with van der Waals surface area (Å²) in [5.74, 6) is -2.40. The van der Waals surface area contributed by atoms with Crippen LogP contribution in [-0.2, 0) is 14.4 Å². The fraction of sp³-hybridized carbons (Fsp3) is 0.458. The Kier molecular flexibility index (Phi) is 9.97. The van der Waals surface area contributed by atoms with Crippen molar-refractivity contribution in [3.8, 4) is 0 Å². The number of piperazine rings is 1. The number of Topliss-reactive ketones (excluding diaryl/α,β-unsaturated/α-hetero) is 1. The van der Waals surface area contributed by atoms with Gasteiger partial charge in [-0.2, -0.15) is 0 Å². The summed E-state index contributed by atoms with van der Waals surface area (Å²) in [5.41, 5.74) is 3.83. The minimum absolute atomic E-state index is 0.401. The number of carbonyl (C=O) groups excluding carboxylic acids is 2. The molecule has 1 fully saturated rings. The van der Waals surface area contributed by atoms with Crippen molar-refractivity contribution in [3.63, 3.8) is 0 Å². The van der Waals surface area contributed by atoms with Crippen molar-refractivity contribution in [2.75, 3.05) is 37.6 Å². The summed E-state index contributed by atoms with van der Waals surface area (Å²) in [4.78, 5) is 35.3. The molecule has 1 aromatic rings. The predicted molar refractivity (Wildman–Crippen MR) is 117 cm³/mol. The van der Waals surface area contributed by atoms with E-state index in [2.05, 4.69) is 42.2 Å². The first-order valence-corrected chi connectivity index (χ1v) is 10.8. The Morgan fingerprint density at radius 3 is 2.39 bits per heavy atom. The lowest BCUT2D eigenvalue weighted by Crippen LogP contribution is -3.15. The number of nitrogens with zero attached hydrogens (tertiary/aromatic N) is 1. The zero-order valence-corrected chi connectivity index (χ0v) is 18.1. The molecule has 1 aliphatic heterocycles. The van der Waals surface area contributed by atoms with Crippen LogP contribution in [0, 0.1) is 6.92 Å². The maximum atomic E-state index is 12.3. The van der Waals surface area contributed by atoms with Crippen molar-refractivity contribution in [1.82, 2.24) is 0 Å². The lowest BCUT2D eigenvalue weighted by atomic mass is 9.95. The van der Waals surface area contributed by atoms with Crippen molar-refractivity contribution < 1.29 is 29.5 Å². The third-order valence-corrected chi connectivity index (χ3v) is 5.64. The van der Waals surface area contributed by atoms with E-state index in [1.807, 2.05) is 0 Å². The number of anilines is 1. The molecule has 0 unspecified atom stereocenters. The van der Waals surface area contributed by atoms with Crippen LogP contribution in [0.2, 0.25) is 0 Å². The number of carboxylic acid groups (broad SMARTS) is 2. The summed E-state index contributed by atoms with van der Waals surface area (Å²) in [6, 6.07) is 8.63. The van der Waals surface area contributed by atoms with Gasteiger partial charge in [0, 0.05) is 11.8 Å². The van der Waals surface area contributed by atoms with E-state index in [0.29, 0.717) is 17.9 Å². The van der Waals surface area contributed by atoms with Crippen LogP contribution in [0.5, 0.6) is 0 Å². The Labute approximate surface area is 183 Å². The van der Waals surface area contributed by atoms with Crippen LogP contribution in [0.3, 0.4) is 0 Å². The van der Waals surface area contributed by atoms with E-state index in [1.165, 1.54) is 24.1 Å². The van der Waals surface area contributed by atoms with Crippen molar-refractivity contribution in [1.29, 1.82) is 0 Å². The first kappa shape index (κ1) is 24.3. The minimum Gasteiger partial charge on any atom is -0.545 e. The highest BCUT2D eigenvalue weighted by Gasteiger charge is 2.22. The van der Waals surface area contributed by atoms with Gasteiger partial charge in [-0.3, -0.25) is 4.79 Å². The Hall–Kier alpha value is -2.93. The zero-order valence-electron chi connectivity index (χ0n) is 18.1. The van der Waals surface area contributed by atoms with Crippen molar-refractivity contribution in [3.05, 3.63) is 53.6 Å². The van der Waals surface area contributed by atoms with Crippen LogP contribution >= 0.6 is 0 Å². The molecule has 0 radical (unpaired) electrons. The van der Waals surface area contributed by atoms with Gasteiger partial charge in [-0.15, -0.1) is 0 Å². The number of allylic oxidation sites excluding steroid dienone is 2. The summed E-state index contributed by atoms with van der Waals surface area (Å²) < 4.78 is 0. The molecule has 0 spiro atoms. The quantitative estimate of drug-likeness (QED) is 0.615. The molecule has 2 aliphatic rings. The van der Waals surface area contributed by atoms with Gasteiger partial charge < -0.3 is 24.8 Å². The van der Waals surface area contributed by atoms with Crippen LogP contribution < -0.4 is 14.9 Å². The van der Waals surface area contributed by atoms with Crippen molar-refractivity contribution in [2.45, 2.75) is 39.0 Å². The Balaban J connectivity index is 0.000000366. The number of rotatable bonds is 7. The molecule has 7 nitrogen and oxygen atoms in total.